The first-order chi connectivity index (χ1) is 18.4. The summed E-state index contributed by atoms with van der Waals surface area (Å²) in [5.74, 6) is -0.484. The van der Waals surface area contributed by atoms with Crippen molar-refractivity contribution in [3.05, 3.63) is 75.4 Å². The zero-order valence-corrected chi connectivity index (χ0v) is 24.5. The zero-order valence-electron chi connectivity index (χ0n) is 22.9. The van der Waals surface area contributed by atoms with Crippen LogP contribution in [0, 0.1) is 13.8 Å². The number of carbonyl (C=O) groups is 2. The summed E-state index contributed by atoms with van der Waals surface area (Å²) in [6.07, 6.45) is 0. The molecule has 4 rings (SSSR count). The molecule has 1 saturated heterocycles. The lowest BCUT2D eigenvalue weighted by Crippen LogP contribution is -2.56. The van der Waals surface area contributed by atoms with E-state index in [4.69, 9.17) is 16.3 Å². The predicted octanol–water partition coefficient (Wildman–Crippen LogP) is 3.87. The number of nitrogens with zero attached hydrogens (tertiary/aromatic N) is 3. The Hall–Kier alpha value is -2.92. The number of rotatable bonds is 7. The molecule has 0 aliphatic carbocycles. The molecule has 1 fully saturated rings. The van der Waals surface area contributed by atoms with Gasteiger partial charge in [-0.25, -0.2) is 18.0 Å². The highest BCUT2D eigenvalue weighted by molar-refractivity contribution is 7.89. The Morgan fingerprint density at radius 3 is 2.46 bits per heavy atom. The summed E-state index contributed by atoms with van der Waals surface area (Å²) in [5, 5.41) is 3.45. The molecule has 0 spiro atoms. The number of aryl methyl sites for hydroxylation is 2. The van der Waals surface area contributed by atoms with E-state index >= 15 is 0 Å². The van der Waals surface area contributed by atoms with Crippen LogP contribution in [0.5, 0.6) is 0 Å². The van der Waals surface area contributed by atoms with Crippen LogP contribution in [0.1, 0.15) is 36.6 Å². The van der Waals surface area contributed by atoms with Gasteiger partial charge in [-0.15, -0.1) is 0 Å². The third kappa shape index (κ3) is 5.99. The van der Waals surface area contributed by atoms with Gasteiger partial charge < -0.3 is 10.1 Å². The molecule has 0 radical (unpaired) electrons. The Morgan fingerprint density at radius 1 is 1.13 bits per heavy atom. The summed E-state index contributed by atoms with van der Waals surface area (Å²) < 4.78 is 33.6. The number of ether oxygens (including phenoxy) is 1. The first-order valence-electron chi connectivity index (χ1n) is 12.9. The molecule has 2 heterocycles. The lowest BCUT2D eigenvalue weighted by atomic mass is 9.90. The van der Waals surface area contributed by atoms with Crippen molar-refractivity contribution in [1.82, 2.24) is 19.4 Å². The lowest BCUT2D eigenvalue weighted by Gasteiger charge is -2.41. The summed E-state index contributed by atoms with van der Waals surface area (Å²) >= 11 is 5.94. The highest BCUT2D eigenvalue weighted by Crippen LogP contribution is 2.34. The van der Waals surface area contributed by atoms with E-state index in [1.165, 1.54) is 21.3 Å². The maximum Gasteiger partial charge on any atom is 0.338 e. The number of esters is 1. The fourth-order valence-electron chi connectivity index (χ4n) is 5.17. The van der Waals surface area contributed by atoms with Crippen molar-refractivity contribution in [2.45, 2.75) is 44.7 Å². The van der Waals surface area contributed by atoms with Crippen LogP contribution in [-0.4, -0.2) is 80.4 Å². The second-order valence-electron chi connectivity index (χ2n) is 10.0. The molecule has 2 aliphatic rings. The standard InChI is InChI=1S/C28H35ClN4O5S/c1-6-38-27(34)25-24(31(5)28(35)30-26(25)23-15-18(2)7-8-19(23)3)17-32-13-14-33(20(4)16-32)39(36,37)22-11-9-21(29)10-12-22/h7-12,15,20,26H,6,13-14,16-17H2,1-5H3,(H,30,35)/t20-,26-/m1/s1. The molecule has 39 heavy (non-hydrogen) atoms. The number of halogens is 1. The lowest BCUT2D eigenvalue weighted by molar-refractivity contribution is -0.139. The molecule has 2 atom stereocenters. The van der Waals surface area contributed by atoms with Gasteiger partial charge in [0.05, 0.1) is 23.1 Å². The van der Waals surface area contributed by atoms with Crippen LogP contribution in [-0.2, 0) is 19.6 Å². The van der Waals surface area contributed by atoms with Crippen LogP contribution in [0.15, 0.2) is 58.6 Å². The van der Waals surface area contributed by atoms with Gasteiger partial charge in [0.25, 0.3) is 0 Å². The number of urea groups is 1. The van der Waals surface area contributed by atoms with E-state index in [-0.39, 0.29) is 30.1 Å². The average molecular weight is 575 g/mol. The fraction of sp³-hybridized carbons (Fsp3) is 0.429. The summed E-state index contributed by atoms with van der Waals surface area (Å²) in [7, 11) is -2.07. The van der Waals surface area contributed by atoms with Crippen molar-refractivity contribution < 1.29 is 22.7 Å². The van der Waals surface area contributed by atoms with Gasteiger partial charge in [0.15, 0.2) is 0 Å². The second kappa shape index (κ2) is 11.7. The van der Waals surface area contributed by atoms with Gasteiger partial charge in [-0.2, -0.15) is 4.31 Å². The van der Waals surface area contributed by atoms with E-state index in [0.29, 0.717) is 35.9 Å². The average Bonchev–Trinajstić information content (AvgIpc) is 2.88. The quantitative estimate of drug-likeness (QED) is 0.504. The summed E-state index contributed by atoms with van der Waals surface area (Å²) in [6.45, 7) is 9.14. The predicted molar refractivity (Wildman–Crippen MR) is 150 cm³/mol. The Bertz CT molecular complexity index is 1390. The van der Waals surface area contributed by atoms with Crippen LogP contribution in [0.25, 0.3) is 0 Å². The van der Waals surface area contributed by atoms with Crippen molar-refractivity contribution in [3.8, 4) is 0 Å². The van der Waals surface area contributed by atoms with E-state index in [2.05, 4.69) is 10.2 Å². The minimum Gasteiger partial charge on any atom is -0.463 e. The van der Waals surface area contributed by atoms with E-state index in [9.17, 15) is 18.0 Å². The fourth-order valence-corrected chi connectivity index (χ4v) is 6.91. The molecule has 1 N–H and O–H groups in total. The van der Waals surface area contributed by atoms with E-state index in [1.807, 2.05) is 39.0 Å². The molecule has 2 aliphatic heterocycles. The van der Waals surface area contributed by atoms with E-state index in [0.717, 1.165) is 16.7 Å². The van der Waals surface area contributed by atoms with Crippen LogP contribution in [0.4, 0.5) is 4.79 Å². The summed E-state index contributed by atoms with van der Waals surface area (Å²) in [6, 6.07) is 10.8. The Balaban J connectivity index is 1.65. The molecule has 9 nitrogen and oxygen atoms in total. The molecule has 0 unspecified atom stereocenters. The van der Waals surface area contributed by atoms with Gasteiger partial charge >= 0.3 is 12.0 Å². The molecular formula is C28H35ClN4O5S. The van der Waals surface area contributed by atoms with Gasteiger partial charge in [0.2, 0.25) is 10.0 Å². The first kappa shape index (κ1) is 29.1. The summed E-state index contributed by atoms with van der Waals surface area (Å²) in [5.41, 5.74) is 3.73. The highest BCUT2D eigenvalue weighted by atomic mass is 35.5. The van der Waals surface area contributed by atoms with E-state index < -0.39 is 22.0 Å². The zero-order chi connectivity index (χ0) is 28.5. The topological polar surface area (TPSA) is 99.3 Å². The number of hydrogen-bond donors (Lipinski definition) is 1. The van der Waals surface area contributed by atoms with Crippen molar-refractivity contribution in [1.29, 1.82) is 0 Å². The number of hydrogen-bond acceptors (Lipinski definition) is 6. The molecular weight excluding hydrogens is 540 g/mol. The number of piperazine rings is 1. The number of benzene rings is 2. The van der Waals surface area contributed by atoms with Gasteiger partial charge in [0, 0.05) is 50.0 Å². The molecule has 2 amide bonds. The first-order valence-corrected chi connectivity index (χ1v) is 14.8. The third-order valence-electron chi connectivity index (χ3n) is 7.26. The number of sulfonamides is 1. The van der Waals surface area contributed by atoms with Gasteiger partial charge in [-0.1, -0.05) is 35.4 Å². The van der Waals surface area contributed by atoms with Crippen molar-refractivity contribution in [3.63, 3.8) is 0 Å². The van der Waals surface area contributed by atoms with E-state index in [1.54, 1.807) is 26.1 Å². The molecule has 0 aromatic heterocycles. The molecule has 210 valence electrons. The third-order valence-corrected chi connectivity index (χ3v) is 9.54. The maximum absolute atomic E-state index is 13.3. The van der Waals surface area contributed by atoms with Gasteiger partial charge in [-0.3, -0.25) is 9.80 Å². The second-order valence-corrected chi connectivity index (χ2v) is 12.4. The van der Waals surface area contributed by atoms with Crippen molar-refractivity contribution in [2.24, 2.45) is 0 Å². The molecule has 11 heteroatoms. The SMILES string of the molecule is CCOC(=O)C1=C(CN2CCN(S(=O)(=O)c3ccc(Cl)cc3)[C@H](C)C2)N(C)C(=O)N[C@@H]1c1cc(C)ccc1C. The monoisotopic (exact) mass is 574 g/mol. The highest BCUT2D eigenvalue weighted by Gasteiger charge is 2.40. The number of carbonyl (C=O) groups excluding carboxylic acids is 2. The van der Waals surface area contributed by atoms with Crippen LogP contribution >= 0.6 is 11.6 Å². The number of nitrogens with one attached hydrogen (secondary N) is 1. The largest absolute Gasteiger partial charge is 0.463 e. The Labute approximate surface area is 235 Å². The minimum atomic E-state index is -3.70. The van der Waals surface area contributed by atoms with Crippen LogP contribution in [0.3, 0.4) is 0 Å². The Kier molecular flexibility index (Phi) is 8.70. The van der Waals surface area contributed by atoms with Crippen LogP contribution < -0.4 is 5.32 Å². The molecule has 2 aromatic rings. The molecule has 0 bridgehead atoms. The van der Waals surface area contributed by atoms with Gasteiger partial charge in [0.1, 0.15) is 0 Å². The number of likely N-dealkylation sites (N-methyl/N-ethyl adjacent to an activating group) is 1. The maximum atomic E-state index is 13.3. The van der Waals surface area contributed by atoms with Crippen molar-refractivity contribution in [2.75, 3.05) is 39.8 Å². The van der Waals surface area contributed by atoms with Gasteiger partial charge in [-0.05, 0) is 63.1 Å². The smallest absolute Gasteiger partial charge is 0.338 e. The Morgan fingerprint density at radius 2 is 1.82 bits per heavy atom. The molecule has 0 saturated carbocycles. The van der Waals surface area contributed by atoms with Crippen molar-refractivity contribution >= 4 is 33.6 Å². The minimum absolute atomic E-state index is 0.194. The van der Waals surface area contributed by atoms with Crippen LogP contribution in [0.2, 0.25) is 5.02 Å². The normalized spacial score (nSPS) is 21.2. The molecule has 2 aromatic carbocycles. The number of amides is 2. The summed E-state index contributed by atoms with van der Waals surface area (Å²) in [4.78, 5) is 30.2.